The highest BCUT2D eigenvalue weighted by Crippen LogP contribution is 2.34. The molecule has 1 aliphatic rings. The highest BCUT2D eigenvalue weighted by Gasteiger charge is 2.60. The maximum atomic E-state index is 12.0. The Hall–Kier alpha value is -1.69. The van der Waals surface area contributed by atoms with Gasteiger partial charge in [-0.2, -0.15) is 0 Å². The van der Waals surface area contributed by atoms with Crippen LogP contribution in [-0.4, -0.2) is 35.7 Å². The van der Waals surface area contributed by atoms with Crippen LogP contribution in [0.5, 0.6) is 0 Å². The van der Waals surface area contributed by atoms with Crippen LogP contribution in [0.4, 0.5) is 0 Å². The standard InChI is InChI=1S/C14H17NO4S/c1-4-10-5-7-11(8-6-10)12(16)9-15-13(17)14(2,3)20(15,18)19/h5-8H,4,9H2,1-3H3. The number of carbonyl (C=O) groups is 2. The third-order valence-corrected chi connectivity index (χ3v) is 5.99. The van der Waals surface area contributed by atoms with Crippen LogP contribution in [0.1, 0.15) is 36.7 Å². The van der Waals surface area contributed by atoms with Gasteiger partial charge < -0.3 is 0 Å². The predicted molar refractivity (Wildman–Crippen MR) is 74.9 cm³/mol. The first-order chi connectivity index (χ1) is 9.21. The number of nitrogens with zero attached hydrogens (tertiary/aromatic N) is 1. The molecule has 0 aromatic heterocycles. The lowest BCUT2D eigenvalue weighted by Gasteiger charge is -2.42. The predicted octanol–water partition coefficient (Wildman–Crippen LogP) is 1.38. The highest BCUT2D eigenvalue weighted by molar-refractivity contribution is 7.94. The molecular weight excluding hydrogens is 278 g/mol. The van der Waals surface area contributed by atoms with E-state index in [4.69, 9.17) is 0 Å². The molecule has 108 valence electrons. The average Bonchev–Trinajstić information content (AvgIpc) is 2.43. The van der Waals surface area contributed by atoms with E-state index >= 15 is 0 Å². The third kappa shape index (κ3) is 2.04. The van der Waals surface area contributed by atoms with Gasteiger partial charge in [0.1, 0.15) is 6.54 Å². The second-order valence-corrected chi connectivity index (χ2v) is 7.71. The second kappa shape index (κ2) is 4.70. The Labute approximate surface area is 118 Å². The molecule has 6 heteroatoms. The maximum absolute atomic E-state index is 12.0. The summed E-state index contributed by atoms with van der Waals surface area (Å²) in [5, 5.41) is 0. The number of Topliss-reactive ketones (excluding diaryl/α,β-unsaturated/α-hetero) is 1. The van der Waals surface area contributed by atoms with Crippen LogP contribution in [0.25, 0.3) is 0 Å². The summed E-state index contributed by atoms with van der Waals surface area (Å²) in [6.07, 6.45) is 0.863. The van der Waals surface area contributed by atoms with Crippen molar-refractivity contribution in [2.24, 2.45) is 0 Å². The van der Waals surface area contributed by atoms with E-state index < -0.39 is 27.2 Å². The molecule has 5 nitrogen and oxygen atoms in total. The van der Waals surface area contributed by atoms with Gasteiger partial charge in [0.25, 0.3) is 15.9 Å². The number of hydrogen-bond donors (Lipinski definition) is 0. The Kier molecular flexibility index (Phi) is 3.46. The normalized spacial score (nSPS) is 19.6. The van der Waals surface area contributed by atoms with Crippen LogP contribution in [0.15, 0.2) is 24.3 Å². The number of sulfonamides is 1. The summed E-state index contributed by atoms with van der Waals surface area (Å²) in [6, 6.07) is 6.96. The molecule has 1 heterocycles. The molecule has 0 saturated carbocycles. The molecule has 1 aliphatic heterocycles. The molecule has 1 aromatic carbocycles. The largest absolute Gasteiger partial charge is 0.292 e. The lowest BCUT2D eigenvalue weighted by atomic mass is 10.1. The molecule has 0 N–H and O–H groups in total. The van der Waals surface area contributed by atoms with Gasteiger partial charge in [-0.3, -0.25) is 9.59 Å². The summed E-state index contributed by atoms with van der Waals surface area (Å²) >= 11 is 0. The second-order valence-electron chi connectivity index (χ2n) is 5.30. The van der Waals surface area contributed by atoms with E-state index in [0.29, 0.717) is 9.87 Å². The summed E-state index contributed by atoms with van der Waals surface area (Å²) in [6.45, 7) is 4.28. The summed E-state index contributed by atoms with van der Waals surface area (Å²) in [7, 11) is -3.70. The molecule has 0 aliphatic carbocycles. The molecule has 0 radical (unpaired) electrons. The van der Waals surface area contributed by atoms with Crippen LogP contribution in [0.3, 0.4) is 0 Å². The van der Waals surface area contributed by atoms with Gasteiger partial charge in [0, 0.05) is 5.56 Å². The molecule has 1 aromatic rings. The zero-order valence-electron chi connectivity index (χ0n) is 11.7. The summed E-state index contributed by atoms with van der Waals surface area (Å²) < 4.78 is 23.0. The van der Waals surface area contributed by atoms with Crippen molar-refractivity contribution >= 4 is 21.7 Å². The summed E-state index contributed by atoms with van der Waals surface area (Å²) in [5.74, 6) is -0.906. The molecule has 0 atom stereocenters. The topological polar surface area (TPSA) is 71.5 Å². The van der Waals surface area contributed by atoms with E-state index in [0.717, 1.165) is 12.0 Å². The van der Waals surface area contributed by atoms with Crippen molar-refractivity contribution in [1.29, 1.82) is 0 Å². The fourth-order valence-electron chi connectivity index (χ4n) is 2.06. The molecule has 1 saturated heterocycles. The number of aryl methyl sites for hydroxylation is 1. The zero-order valence-corrected chi connectivity index (χ0v) is 12.5. The van der Waals surface area contributed by atoms with E-state index in [-0.39, 0.29) is 5.78 Å². The van der Waals surface area contributed by atoms with Crippen LogP contribution < -0.4 is 0 Å². The number of rotatable bonds is 4. The molecule has 2 rings (SSSR count). The van der Waals surface area contributed by atoms with Gasteiger partial charge in [-0.1, -0.05) is 31.2 Å². The molecule has 0 bridgehead atoms. The van der Waals surface area contributed by atoms with E-state index in [1.807, 2.05) is 19.1 Å². The number of amides is 1. The Morgan fingerprint density at radius 2 is 1.75 bits per heavy atom. The number of benzene rings is 1. The lowest BCUT2D eigenvalue weighted by molar-refractivity contribution is -0.131. The highest BCUT2D eigenvalue weighted by atomic mass is 32.2. The van der Waals surface area contributed by atoms with Gasteiger partial charge in [-0.05, 0) is 25.8 Å². The smallest absolute Gasteiger partial charge is 0.259 e. The summed E-state index contributed by atoms with van der Waals surface area (Å²) in [5.41, 5.74) is 1.50. The van der Waals surface area contributed by atoms with Crippen molar-refractivity contribution < 1.29 is 18.0 Å². The molecular formula is C14H17NO4S. The Bertz CT molecular complexity index is 659. The molecule has 1 fully saturated rings. The molecule has 0 spiro atoms. The Morgan fingerprint density at radius 1 is 1.20 bits per heavy atom. The van der Waals surface area contributed by atoms with Crippen molar-refractivity contribution in [3.63, 3.8) is 0 Å². The van der Waals surface area contributed by atoms with Crippen molar-refractivity contribution in [3.8, 4) is 0 Å². The quantitative estimate of drug-likeness (QED) is 0.787. The Balaban J connectivity index is 2.15. The summed E-state index contributed by atoms with van der Waals surface area (Å²) in [4.78, 5) is 23.8. The number of ketones is 1. The molecule has 20 heavy (non-hydrogen) atoms. The van der Waals surface area contributed by atoms with E-state index in [9.17, 15) is 18.0 Å². The molecule has 0 unspecified atom stereocenters. The van der Waals surface area contributed by atoms with Gasteiger partial charge in [0.15, 0.2) is 10.5 Å². The molecule has 1 amide bonds. The SMILES string of the molecule is CCc1ccc(C(=O)CN2C(=O)C(C)(C)S2(=O)=O)cc1. The minimum atomic E-state index is -3.70. The van der Waals surface area contributed by atoms with Gasteiger partial charge in [-0.25, -0.2) is 12.7 Å². The van der Waals surface area contributed by atoms with Crippen molar-refractivity contribution in [2.75, 3.05) is 6.54 Å². The average molecular weight is 295 g/mol. The van der Waals surface area contributed by atoms with E-state index in [1.54, 1.807) is 12.1 Å². The van der Waals surface area contributed by atoms with Gasteiger partial charge in [-0.15, -0.1) is 0 Å². The Morgan fingerprint density at radius 3 is 2.20 bits per heavy atom. The third-order valence-electron chi connectivity index (χ3n) is 3.65. The first-order valence-corrected chi connectivity index (χ1v) is 7.84. The van der Waals surface area contributed by atoms with Crippen LogP contribution in [0.2, 0.25) is 0 Å². The zero-order chi connectivity index (χ0) is 15.1. The minimum absolute atomic E-state index is 0.375. The van der Waals surface area contributed by atoms with Crippen molar-refractivity contribution in [2.45, 2.75) is 31.9 Å². The van der Waals surface area contributed by atoms with Gasteiger partial charge in [0.05, 0.1) is 0 Å². The van der Waals surface area contributed by atoms with Crippen LogP contribution in [0, 0.1) is 0 Å². The van der Waals surface area contributed by atoms with Crippen LogP contribution >= 0.6 is 0 Å². The van der Waals surface area contributed by atoms with Crippen molar-refractivity contribution in [3.05, 3.63) is 35.4 Å². The number of hydrogen-bond acceptors (Lipinski definition) is 4. The number of carbonyl (C=O) groups excluding carboxylic acids is 2. The maximum Gasteiger partial charge on any atom is 0.259 e. The van der Waals surface area contributed by atoms with E-state index in [1.165, 1.54) is 13.8 Å². The van der Waals surface area contributed by atoms with E-state index in [2.05, 4.69) is 0 Å². The fourth-order valence-corrected chi connectivity index (χ4v) is 3.54. The first-order valence-electron chi connectivity index (χ1n) is 6.40. The monoisotopic (exact) mass is 295 g/mol. The van der Waals surface area contributed by atoms with Crippen molar-refractivity contribution in [1.82, 2.24) is 4.31 Å². The van der Waals surface area contributed by atoms with Gasteiger partial charge in [0.2, 0.25) is 0 Å². The van der Waals surface area contributed by atoms with Crippen LogP contribution in [-0.2, 0) is 21.2 Å². The van der Waals surface area contributed by atoms with Gasteiger partial charge >= 0.3 is 0 Å². The first kappa shape index (κ1) is 14.7. The fraction of sp³-hybridized carbons (Fsp3) is 0.429. The minimum Gasteiger partial charge on any atom is -0.292 e. The lowest BCUT2D eigenvalue weighted by Crippen LogP contribution is -2.68.